The molecule has 3 heteroatoms. The predicted octanol–water partition coefficient (Wildman–Crippen LogP) is 2.28. The molecule has 1 aromatic carbocycles. The number of hydrogen-bond acceptors (Lipinski definition) is 1. The Morgan fingerprint density at radius 2 is 2.17 bits per heavy atom. The molecule has 1 nitrogen and oxygen atoms in total. The zero-order valence-electron chi connectivity index (χ0n) is 6.48. The van der Waals surface area contributed by atoms with Crippen LogP contribution in [0.2, 0.25) is 0 Å². The smallest absolute Gasteiger partial charge is 0.137 e. The van der Waals surface area contributed by atoms with E-state index in [1.807, 2.05) is 6.07 Å². The number of halogens is 2. The average molecular weight is 230 g/mol. The lowest BCUT2D eigenvalue weighted by Crippen LogP contribution is -2.40. The first-order valence-electron chi connectivity index (χ1n) is 3.93. The van der Waals surface area contributed by atoms with Crippen molar-refractivity contribution in [1.29, 1.82) is 0 Å². The highest BCUT2D eigenvalue weighted by atomic mass is 79.9. The van der Waals surface area contributed by atoms with Crippen LogP contribution in [0.4, 0.5) is 4.39 Å². The van der Waals surface area contributed by atoms with Gasteiger partial charge in [-0.3, -0.25) is 0 Å². The average Bonchev–Trinajstić information content (AvgIpc) is 1.95. The fraction of sp³-hybridized carbons (Fsp3) is 0.333. The zero-order chi connectivity index (χ0) is 8.55. The van der Waals surface area contributed by atoms with E-state index >= 15 is 0 Å². The monoisotopic (exact) mass is 229 g/mol. The summed E-state index contributed by atoms with van der Waals surface area (Å²) in [5.41, 5.74) is 1.08. The summed E-state index contributed by atoms with van der Waals surface area (Å²) >= 11 is 3.25. The predicted molar refractivity (Wildman–Crippen MR) is 49.7 cm³/mol. The number of nitrogens with one attached hydrogen (secondary N) is 1. The van der Waals surface area contributed by atoms with Crippen molar-refractivity contribution in [2.24, 2.45) is 0 Å². The fourth-order valence-corrected chi connectivity index (χ4v) is 1.93. The van der Waals surface area contributed by atoms with E-state index in [1.54, 1.807) is 6.07 Å². The van der Waals surface area contributed by atoms with Crippen molar-refractivity contribution in [1.82, 2.24) is 5.32 Å². The van der Waals surface area contributed by atoms with Gasteiger partial charge in [0, 0.05) is 19.0 Å². The molecule has 0 aliphatic carbocycles. The van der Waals surface area contributed by atoms with Crippen LogP contribution < -0.4 is 5.32 Å². The summed E-state index contributed by atoms with van der Waals surface area (Å²) in [6.45, 7) is 1.92. The molecule has 0 spiro atoms. The molecule has 64 valence electrons. The van der Waals surface area contributed by atoms with E-state index in [9.17, 15) is 4.39 Å². The molecule has 1 heterocycles. The first-order valence-corrected chi connectivity index (χ1v) is 4.73. The lowest BCUT2D eigenvalue weighted by atomic mass is 9.94. The molecule has 2 rings (SSSR count). The number of hydrogen-bond donors (Lipinski definition) is 1. The lowest BCUT2D eigenvalue weighted by molar-refractivity contribution is 0.444. The minimum absolute atomic E-state index is 0.167. The third-order valence-electron chi connectivity index (χ3n) is 2.20. The molecule has 0 radical (unpaired) electrons. The van der Waals surface area contributed by atoms with E-state index < -0.39 is 0 Å². The first-order chi connectivity index (χ1) is 5.79. The lowest BCUT2D eigenvalue weighted by Gasteiger charge is -2.28. The molecule has 0 saturated carbocycles. The Kier molecular flexibility index (Phi) is 2.15. The van der Waals surface area contributed by atoms with E-state index in [2.05, 4.69) is 21.2 Å². The summed E-state index contributed by atoms with van der Waals surface area (Å²) < 4.78 is 13.7. The molecule has 1 N–H and O–H groups in total. The summed E-state index contributed by atoms with van der Waals surface area (Å²) in [5, 5.41) is 3.16. The zero-order valence-corrected chi connectivity index (χ0v) is 8.07. The van der Waals surface area contributed by atoms with Crippen molar-refractivity contribution >= 4 is 15.9 Å². The van der Waals surface area contributed by atoms with Crippen LogP contribution in [-0.2, 0) is 0 Å². The molecule has 1 aliphatic heterocycles. The largest absolute Gasteiger partial charge is 0.315 e. The van der Waals surface area contributed by atoms with Gasteiger partial charge in [-0.05, 0) is 27.6 Å². The van der Waals surface area contributed by atoms with Crippen molar-refractivity contribution in [2.45, 2.75) is 5.92 Å². The van der Waals surface area contributed by atoms with Crippen LogP contribution in [0.1, 0.15) is 11.5 Å². The third-order valence-corrected chi connectivity index (χ3v) is 3.04. The molecule has 0 unspecified atom stereocenters. The standard InChI is InChI=1S/C9H9BrFN/c10-9-7(6-4-12-5-6)2-1-3-8(9)11/h1-3,6,12H,4-5H2. The summed E-state index contributed by atoms with van der Waals surface area (Å²) in [6.07, 6.45) is 0. The molecule has 0 amide bonds. The van der Waals surface area contributed by atoms with E-state index in [1.165, 1.54) is 6.07 Å². The van der Waals surface area contributed by atoms with Gasteiger partial charge >= 0.3 is 0 Å². The second kappa shape index (κ2) is 3.15. The normalized spacial score (nSPS) is 17.5. The maximum atomic E-state index is 13.0. The van der Waals surface area contributed by atoms with Crippen LogP contribution in [0, 0.1) is 5.82 Å². The van der Waals surface area contributed by atoms with Crippen LogP contribution in [0.3, 0.4) is 0 Å². The Morgan fingerprint density at radius 3 is 2.75 bits per heavy atom. The molecular weight excluding hydrogens is 221 g/mol. The van der Waals surface area contributed by atoms with Crippen LogP contribution in [0.15, 0.2) is 22.7 Å². The van der Waals surface area contributed by atoms with Crippen molar-refractivity contribution in [3.05, 3.63) is 34.1 Å². The van der Waals surface area contributed by atoms with E-state index in [4.69, 9.17) is 0 Å². The van der Waals surface area contributed by atoms with Crippen molar-refractivity contribution in [3.8, 4) is 0 Å². The summed E-state index contributed by atoms with van der Waals surface area (Å²) in [7, 11) is 0. The minimum Gasteiger partial charge on any atom is -0.315 e. The molecule has 12 heavy (non-hydrogen) atoms. The summed E-state index contributed by atoms with van der Waals surface area (Å²) in [4.78, 5) is 0. The third kappa shape index (κ3) is 1.27. The van der Waals surface area contributed by atoms with Gasteiger partial charge in [-0.25, -0.2) is 4.39 Å². The highest BCUT2D eigenvalue weighted by Gasteiger charge is 2.21. The second-order valence-electron chi connectivity index (χ2n) is 3.00. The summed E-state index contributed by atoms with van der Waals surface area (Å²) in [5.74, 6) is 0.314. The fourth-order valence-electron chi connectivity index (χ4n) is 1.34. The van der Waals surface area contributed by atoms with Crippen molar-refractivity contribution in [2.75, 3.05) is 13.1 Å². The highest BCUT2D eigenvalue weighted by Crippen LogP contribution is 2.29. The van der Waals surface area contributed by atoms with Gasteiger partial charge in [0.1, 0.15) is 5.82 Å². The quantitative estimate of drug-likeness (QED) is 0.780. The highest BCUT2D eigenvalue weighted by molar-refractivity contribution is 9.10. The molecule has 1 fully saturated rings. The van der Waals surface area contributed by atoms with E-state index in [-0.39, 0.29) is 5.82 Å². The Hall–Kier alpha value is -0.410. The maximum absolute atomic E-state index is 13.0. The van der Waals surface area contributed by atoms with Gasteiger partial charge in [-0.1, -0.05) is 12.1 Å². The van der Waals surface area contributed by atoms with Crippen LogP contribution >= 0.6 is 15.9 Å². The molecule has 1 aromatic rings. The Labute approximate surface area is 79.1 Å². The van der Waals surface area contributed by atoms with Crippen LogP contribution in [0.5, 0.6) is 0 Å². The van der Waals surface area contributed by atoms with Gasteiger partial charge in [0.2, 0.25) is 0 Å². The van der Waals surface area contributed by atoms with E-state index in [0.717, 1.165) is 18.7 Å². The molecular formula is C9H9BrFN. The Balaban J connectivity index is 2.36. The van der Waals surface area contributed by atoms with Gasteiger partial charge in [0.25, 0.3) is 0 Å². The maximum Gasteiger partial charge on any atom is 0.137 e. The second-order valence-corrected chi connectivity index (χ2v) is 3.79. The number of rotatable bonds is 1. The van der Waals surface area contributed by atoms with Crippen LogP contribution in [0.25, 0.3) is 0 Å². The van der Waals surface area contributed by atoms with Gasteiger partial charge in [-0.2, -0.15) is 0 Å². The van der Waals surface area contributed by atoms with Crippen molar-refractivity contribution in [3.63, 3.8) is 0 Å². The Bertz CT molecular complexity index is 297. The molecule has 0 atom stereocenters. The Morgan fingerprint density at radius 1 is 1.42 bits per heavy atom. The SMILES string of the molecule is Fc1cccc(C2CNC2)c1Br. The van der Waals surface area contributed by atoms with Crippen LogP contribution in [-0.4, -0.2) is 13.1 Å². The van der Waals surface area contributed by atoms with Crippen molar-refractivity contribution < 1.29 is 4.39 Å². The molecule has 0 bridgehead atoms. The summed E-state index contributed by atoms with van der Waals surface area (Å²) in [6, 6.07) is 5.20. The minimum atomic E-state index is -0.167. The van der Waals surface area contributed by atoms with E-state index in [0.29, 0.717) is 10.4 Å². The van der Waals surface area contributed by atoms with Gasteiger partial charge < -0.3 is 5.32 Å². The number of benzene rings is 1. The molecule has 1 aliphatic rings. The molecule has 1 saturated heterocycles. The van der Waals surface area contributed by atoms with Gasteiger partial charge in [0.05, 0.1) is 4.47 Å². The van der Waals surface area contributed by atoms with Gasteiger partial charge in [-0.15, -0.1) is 0 Å². The topological polar surface area (TPSA) is 12.0 Å². The molecule has 0 aromatic heterocycles. The first kappa shape index (κ1) is 8.20. The van der Waals surface area contributed by atoms with Gasteiger partial charge in [0.15, 0.2) is 0 Å².